The quantitative estimate of drug-likeness (QED) is 0.911. The topological polar surface area (TPSA) is 38.3 Å². The zero-order valence-corrected chi connectivity index (χ0v) is 13.1. The molecule has 1 N–H and O–H groups in total. The lowest BCUT2D eigenvalue weighted by molar-refractivity contribution is -0.122. The van der Waals surface area contributed by atoms with Crippen LogP contribution in [-0.4, -0.2) is 12.0 Å². The molecule has 2 rings (SSSR count). The predicted octanol–water partition coefficient (Wildman–Crippen LogP) is 4.36. The zero-order valence-electron chi connectivity index (χ0n) is 12.3. The van der Waals surface area contributed by atoms with Gasteiger partial charge in [0.1, 0.15) is 5.75 Å². The summed E-state index contributed by atoms with van der Waals surface area (Å²) in [6.07, 6.45) is -0.634. The SMILES string of the molecule is Cc1ccc(C)c(NC(=O)[C@H](C)Oc2ccccc2Cl)c1. The first-order valence-corrected chi connectivity index (χ1v) is 7.14. The van der Waals surface area contributed by atoms with Gasteiger partial charge in [0, 0.05) is 5.69 Å². The fourth-order valence-electron chi connectivity index (χ4n) is 1.89. The van der Waals surface area contributed by atoms with E-state index in [4.69, 9.17) is 16.3 Å². The van der Waals surface area contributed by atoms with Crippen LogP contribution in [0.2, 0.25) is 5.02 Å². The number of benzene rings is 2. The summed E-state index contributed by atoms with van der Waals surface area (Å²) in [5.74, 6) is 0.298. The highest BCUT2D eigenvalue weighted by molar-refractivity contribution is 6.32. The molecule has 0 radical (unpaired) electrons. The Hall–Kier alpha value is -2.00. The molecule has 3 nitrogen and oxygen atoms in total. The highest BCUT2D eigenvalue weighted by Gasteiger charge is 2.16. The van der Waals surface area contributed by atoms with Crippen LogP contribution in [-0.2, 0) is 4.79 Å². The van der Waals surface area contributed by atoms with Crippen molar-refractivity contribution >= 4 is 23.2 Å². The Morgan fingerprint density at radius 2 is 1.90 bits per heavy atom. The Labute approximate surface area is 129 Å². The van der Waals surface area contributed by atoms with E-state index in [9.17, 15) is 4.79 Å². The van der Waals surface area contributed by atoms with Crippen molar-refractivity contribution in [2.75, 3.05) is 5.32 Å². The summed E-state index contributed by atoms with van der Waals surface area (Å²) in [7, 11) is 0. The number of carbonyl (C=O) groups excluding carboxylic acids is 1. The highest BCUT2D eigenvalue weighted by Crippen LogP contribution is 2.24. The van der Waals surface area contributed by atoms with Crippen LogP contribution in [0.25, 0.3) is 0 Å². The summed E-state index contributed by atoms with van der Waals surface area (Å²) in [6.45, 7) is 5.64. The van der Waals surface area contributed by atoms with E-state index in [0.717, 1.165) is 16.8 Å². The lowest BCUT2D eigenvalue weighted by Gasteiger charge is -2.16. The van der Waals surface area contributed by atoms with Crippen molar-refractivity contribution in [3.8, 4) is 5.75 Å². The highest BCUT2D eigenvalue weighted by atomic mass is 35.5. The molecular formula is C17H18ClNO2. The van der Waals surface area contributed by atoms with Gasteiger partial charge in [-0.1, -0.05) is 35.9 Å². The first-order chi connectivity index (χ1) is 9.97. The molecule has 0 fully saturated rings. The average Bonchev–Trinajstić information content (AvgIpc) is 2.45. The molecule has 2 aromatic rings. The Morgan fingerprint density at radius 3 is 2.62 bits per heavy atom. The summed E-state index contributed by atoms with van der Waals surface area (Å²) >= 11 is 6.02. The van der Waals surface area contributed by atoms with Crippen molar-refractivity contribution in [2.45, 2.75) is 26.9 Å². The molecule has 0 spiro atoms. The van der Waals surface area contributed by atoms with E-state index < -0.39 is 6.10 Å². The first-order valence-electron chi connectivity index (χ1n) is 6.76. The van der Waals surface area contributed by atoms with Gasteiger partial charge in [-0.15, -0.1) is 0 Å². The molecule has 0 aromatic heterocycles. The van der Waals surface area contributed by atoms with E-state index in [2.05, 4.69) is 5.32 Å². The largest absolute Gasteiger partial charge is 0.479 e. The molecule has 1 atom stereocenters. The van der Waals surface area contributed by atoms with Gasteiger partial charge in [0.25, 0.3) is 5.91 Å². The summed E-state index contributed by atoms with van der Waals surface area (Å²) < 4.78 is 5.61. The molecule has 0 unspecified atom stereocenters. The summed E-state index contributed by atoms with van der Waals surface area (Å²) in [4.78, 5) is 12.2. The molecule has 0 saturated carbocycles. The Kier molecular flexibility index (Phi) is 4.86. The second kappa shape index (κ2) is 6.64. The molecule has 1 amide bonds. The van der Waals surface area contributed by atoms with Crippen molar-refractivity contribution in [1.82, 2.24) is 0 Å². The number of nitrogens with one attached hydrogen (secondary N) is 1. The molecule has 0 aliphatic carbocycles. The Balaban J connectivity index is 2.06. The molecule has 4 heteroatoms. The van der Waals surface area contributed by atoms with Gasteiger partial charge in [0.05, 0.1) is 5.02 Å². The normalized spacial score (nSPS) is 11.8. The number of halogens is 1. The molecule has 0 heterocycles. The van der Waals surface area contributed by atoms with E-state index >= 15 is 0 Å². The van der Waals surface area contributed by atoms with Crippen LogP contribution in [0.3, 0.4) is 0 Å². The van der Waals surface area contributed by atoms with Gasteiger partial charge in [-0.3, -0.25) is 4.79 Å². The second-order valence-electron chi connectivity index (χ2n) is 5.00. The lowest BCUT2D eigenvalue weighted by atomic mass is 10.1. The van der Waals surface area contributed by atoms with Crippen LogP contribution in [0.15, 0.2) is 42.5 Å². The third-order valence-electron chi connectivity index (χ3n) is 3.16. The van der Waals surface area contributed by atoms with Crippen molar-refractivity contribution < 1.29 is 9.53 Å². The Bertz CT molecular complexity index is 655. The van der Waals surface area contributed by atoms with Gasteiger partial charge in [-0.2, -0.15) is 0 Å². The van der Waals surface area contributed by atoms with Crippen LogP contribution >= 0.6 is 11.6 Å². The van der Waals surface area contributed by atoms with Gasteiger partial charge in [0.15, 0.2) is 6.10 Å². The Morgan fingerprint density at radius 1 is 1.19 bits per heavy atom. The smallest absolute Gasteiger partial charge is 0.265 e. The predicted molar refractivity (Wildman–Crippen MR) is 86.1 cm³/mol. The minimum atomic E-state index is -0.634. The monoisotopic (exact) mass is 303 g/mol. The summed E-state index contributed by atoms with van der Waals surface area (Å²) in [5.41, 5.74) is 2.91. The van der Waals surface area contributed by atoms with Crippen LogP contribution in [0, 0.1) is 13.8 Å². The van der Waals surface area contributed by atoms with Crippen LogP contribution < -0.4 is 10.1 Å². The van der Waals surface area contributed by atoms with E-state index in [1.54, 1.807) is 19.1 Å². The minimum absolute atomic E-state index is 0.205. The lowest BCUT2D eigenvalue weighted by Crippen LogP contribution is -2.30. The van der Waals surface area contributed by atoms with Crippen molar-refractivity contribution in [2.24, 2.45) is 0 Å². The molecule has 0 saturated heterocycles. The third-order valence-corrected chi connectivity index (χ3v) is 3.47. The first kappa shape index (κ1) is 15.4. The molecule has 0 aliphatic rings. The van der Waals surface area contributed by atoms with Crippen molar-refractivity contribution in [3.05, 3.63) is 58.6 Å². The standard InChI is InChI=1S/C17H18ClNO2/c1-11-8-9-12(2)15(10-11)19-17(20)13(3)21-16-7-5-4-6-14(16)18/h4-10,13H,1-3H3,(H,19,20)/t13-/m0/s1. The van der Waals surface area contributed by atoms with E-state index in [-0.39, 0.29) is 5.91 Å². The van der Waals surface area contributed by atoms with Crippen LogP contribution in [0.1, 0.15) is 18.1 Å². The van der Waals surface area contributed by atoms with Crippen LogP contribution in [0.4, 0.5) is 5.69 Å². The second-order valence-corrected chi connectivity index (χ2v) is 5.41. The van der Waals surface area contributed by atoms with Gasteiger partial charge < -0.3 is 10.1 Å². The number of hydrogen-bond donors (Lipinski definition) is 1. The molecule has 0 aliphatic heterocycles. The summed E-state index contributed by atoms with van der Waals surface area (Å²) in [6, 6.07) is 13.0. The van der Waals surface area contributed by atoms with Crippen molar-refractivity contribution in [1.29, 1.82) is 0 Å². The number of para-hydroxylation sites is 1. The molecule has 110 valence electrons. The summed E-state index contributed by atoms with van der Waals surface area (Å²) in [5, 5.41) is 3.37. The van der Waals surface area contributed by atoms with Gasteiger partial charge in [0.2, 0.25) is 0 Å². The minimum Gasteiger partial charge on any atom is -0.479 e. The van der Waals surface area contributed by atoms with Gasteiger partial charge in [-0.25, -0.2) is 0 Å². The third kappa shape index (κ3) is 3.99. The fourth-order valence-corrected chi connectivity index (χ4v) is 2.07. The molecule has 2 aromatic carbocycles. The molecule has 0 bridgehead atoms. The van der Waals surface area contributed by atoms with Gasteiger partial charge in [-0.05, 0) is 50.1 Å². The number of rotatable bonds is 4. The van der Waals surface area contributed by atoms with E-state index in [1.165, 1.54) is 0 Å². The molecular weight excluding hydrogens is 286 g/mol. The van der Waals surface area contributed by atoms with E-state index in [0.29, 0.717) is 10.8 Å². The maximum absolute atomic E-state index is 12.2. The number of carbonyl (C=O) groups is 1. The number of amides is 1. The molecule has 21 heavy (non-hydrogen) atoms. The number of anilines is 1. The maximum Gasteiger partial charge on any atom is 0.265 e. The van der Waals surface area contributed by atoms with Gasteiger partial charge >= 0.3 is 0 Å². The maximum atomic E-state index is 12.2. The number of hydrogen-bond acceptors (Lipinski definition) is 2. The number of aryl methyl sites for hydroxylation is 2. The fraction of sp³-hybridized carbons (Fsp3) is 0.235. The zero-order chi connectivity index (χ0) is 15.4. The van der Waals surface area contributed by atoms with E-state index in [1.807, 2.05) is 44.2 Å². The average molecular weight is 304 g/mol. The number of ether oxygens (including phenoxy) is 1. The van der Waals surface area contributed by atoms with Crippen molar-refractivity contribution in [3.63, 3.8) is 0 Å². The van der Waals surface area contributed by atoms with Crippen LogP contribution in [0.5, 0.6) is 5.75 Å².